The van der Waals surface area contributed by atoms with E-state index in [0.29, 0.717) is 11.4 Å². The number of fused-ring (bicyclic) bond motifs is 1. The first-order valence-corrected chi connectivity index (χ1v) is 4.66. The predicted octanol–water partition coefficient (Wildman–Crippen LogP) is 2.87. The molecule has 0 aliphatic rings. The van der Waals surface area contributed by atoms with Crippen LogP contribution in [-0.2, 0) is 0 Å². The minimum atomic E-state index is 0.308. The second kappa shape index (κ2) is 2.98. The average Bonchev–Trinajstić information content (AvgIpc) is 2.16. The molecule has 0 spiro atoms. The molecule has 2 aromatic rings. The summed E-state index contributed by atoms with van der Waals surface area (Å²) >= 11 is 0. The van der Waals surface area contributed by atoms with Crippen molar-refractivity contribution in [2.75, 3.05) is 0 Å². The number of aryl methyl sites for hydroxylation is 3. The minimum Gasteiger partial charge on any atom is -0.506 e. The van der Waals surface area contributed by atoms with E-state index in [9.17, 15) is 5.11 Å². The Labute approximate surface area is 83.2 Å². The van der Waals surface area contributed by atoms with Crippen molar-refractivity contribution in [1.82, 2.24) is 4.98 Å². The molecule has 0 bridgehead atoms. The molecule has 2 heteroatoms. The molecule has 1 aromatic heterocycles. The number of aromatic hydroxyl groups is 1. The maximum absolute atomic E-state index is 9.73. The van der Waals surface area contributed by atoms with Gasteiger partial charge in [-0.15, -0.1) is 0 Å². The van der Waals surface area contributed by atoms with Crippen LogP contribution in [0.15, 0.2) is 18.2 Å². The zero-order valence-corrected chi connectivity index (χ0v) is 8.63. The number of pyridine rings is 1. The highest BCUT2D eigenvalue weighted by Gasteiger charge is 2.07. The number of hydrogen-bond donors (Lipinski definition) is 1. The Morgan fingerprint density at radius 2 is 1.86 bits per heavy atom. The van der Waals surface area contributed by atoms with Crippen molar-refractivity contribution in [3.8, 4) is 5.75 Å². The molecule has 0 aliphatic heterocycles. The van der Waals surface area contributed by atoms with E-state index < -0.39 is 0 Å². The quantitative estimate of drug-likeness (QED) is 0.688. The van der Waals surface area contributed by atoms with Gasteiger partial charge in [-0.1, -0.05) is 11.6 Å². The van der Waals surface area contributed by atoms with Gasteiger partial charge in [0.15, 0.2) is 0 Å². The van der Waals surface area contributed by atoms with Crippen LogP contribution in [0.5, 0.6) is 5.75 Å². The molecule has 1 aromatic carbocycles. The highest BCUT2D eigenvalue weighted by atomic mass is 16.3. The maximum Gasteiger partial charge on any atom is 0.140 e. The number of benzene rings is 1. The van der Waals surface area contributed by atoms with Crippen molar-refractivity contribution in [1.29, 1.82) is 0 Å². The Kier molecular flexibility index (Phi) is 1.92. The smallest absolute Gasteiger partial charge is 0.140 e. The van der Waals surface area contributed by atoms with E-state index >= 15 is 0 Å². The second-order valence-corrected chi connectivity index (χ2v) is 3.69. The minimum absolute atomic E-state index is 0.308. The van der Waals surface area contributed by atoms with Crippen molar-refractivity contribution in [3.63, 3.8) is 0 Å². The van der Waals surface area contributed by atoms with E-state index in [1.54, 1.807) is 0 Å². The van der Waals surface area contributed by atoms with E-state index in [4.69, 9.17) is 0 Å². The Morgan fingerprint density at radius 3 is 2.57 bits per heavy atom. The summed E-state index contributed by atoms with van der Waals surface area (Å²) in [5, 5.41) is 10.8. The molecule has 2 nitrogen and oxygen atoms in total. The topological polar surface area (TPSA) is 33.1 Å². The number of hydrogen-bond acceptors (Lipinski definition) is 2. The van der Waals surface area contributed by atoms with E-state index in [0.717, 1.165) is 16.5 Å². The Hall–Kier alpha value is -1.57. The summed E-state index contributed by atoms with van der Waals surface area (Å²) in [6.45, 7) is 5.78. The largest absolute Gasteiger partial charge is 0.506 e. The first-order chi connectivity index (χ1) is 6.59. The van der Waals surface area contributed by atoms with Crippen LogP contribution in [0.2, 0.25) is 0 Å². The zero-order valence-electron chi connectivity index (χ0n) is 8.63. The van der Waals surface area contributed by atoms with Gasteiger partial charge in [-0.25, -0.2) is 4.98 Å². The molecule has 0 saturated carbocycles. The van der Waals surface area contributed by atoms with Crippen molar-refractivity contribution in [3.05, 3.63) is 35.0 Å². The van der Waals surface area contributed by atoms with Gasteiger partial charge in [0.2, 0.25) is 0 Å². The fourth-order valence-electron chi connectivity index (χ4n) is 1.68. The van der Waals surface area contributed by atoms with E-state index in [1.165, 1.54) is 5.56 Å². The zero-order chi connectivity index (χ0) is 10.3. The van der Waals surface area contributed by atoms with Gasteiger partial charge in [-0.3, -0.25) is 0 Å². The molecule has 0 unspecified atom stereocenters. The molecule has 1 N–H and O–H groups in total. The van der Waals surface area contributed by atoms with E-state index in [2.05, 4.69) is 11.1 Å². The Balaban J connectivity index is 2.92. The summed E-state index contributed by atoms with van der Waals surface area (Å²) in [7, 11) is 0. The van der Waals surface area contributed by atoms with Gasteiger partial charge in [0.25, 0.3) is 0 Å². The van der Waals surface area contributed by atoms with Crippen LogP contribution in [0.3, 0.4) is 0 Å². The van der Waals surface area contributed by atoms with Crippen LogP contribution in [0.1, 0.15) is 16.8 Å². The first-order valence-electron chi connectivity index (χ1n) is 4.66. The number of aromatic nitrogens is 1. The third-order valence-corrected chi connectivity index (χ3v) is 2.54. The van der Waals surface area contributed by atoms with Gasteiger partial charge in [0.05, 0.1) is 11.2 Å². The molecule has 2 rings (SSSR count). The lowest BCUT2D eigenvalue weighted by Gasteiger charge is -2.07. The molecule has 1 heterocycles. The van der Waals surface area contributed by atoms with Crippen LogP contribution in [-0.4, -0.2) is 10.1 Å². The highest BCUT2D eigenvalue weighted by molar-refractivity contribution is 5.85. The fraction of sp³-hybridized carbons (Fsp3) is 0.250. The highest BCUT2D eigenvalue weighted by Crippen LogP contribution is 2.27. The summed E-state index contributed by atoms with van der Waals surface area (Å²) in [6, 6.07) is 6.08. The van der Waals surface area contributed by atoms with E-state index in [1.807, 2.05) is 32.9 Å². The van der Waals surface area contributed by atoms with Gasteiger partial charge in [-0.2, -0.15) is 0 Å². The number of rotatable bonds is 0. The fourth-order valence-corrected chi connectivity index (χ4v) is 1.68. The normalized spacial score (nSPS) is 10.8. The molecule has 0 radical (unpaired) electrons. The maximum atomic E-state index is 9.73. The summed E-state index contributed by atoms with van der Waals surface area (Å²) in [5.74, 6) is 0.308. The van der Waals surface area contributed by atoms with Crippen molar-refractivity contribution < 1.29 is 5.11 Å². The Morgan fingerprint density at radius 1 is 1.14 bits per heavy atom. The van der Waals surface area contributed by atoms with Gasteiger partial charge in [-0.05, 0) is 32.9 Å². The molecular weight excluding hydrogens is 174 g/mol. The lowest BCUT2D eigenvalue weighted by molar-refractivity contribution is 0.465. The van der Waals surface area contributed by atoms with E-state index in [-0.39, 0.29) is 0 Å². The van der Waals surface area contributed by atoms with Gasteiger partial charge in [0, 0.05) is 10.9 Å². The average molecular weight is 187 g/mol. The molecule has 0 atom stereocenters. The third kappa shape index (κ3) is 1.23. The SMILES string of the molecule is Cc1ccc2nc(C)c(O)c(C)c2c1. The molecule has 0 saturated heterocycles. The predicted molar refractivity (Wildman–Crippen MR) is 57.6 cm³/mol. The molecule has 0 fully saturated rings. The second-order valence-electron chi connectivity index (χ2n) is 3.69. The van der Waals surface area contributed by atoms with Crippen LogP contribution < -0.4 is 0 Å². The standard InChI is InChI=1S/C12H13NO/c1-7-4-5-11-10(6-7)8(2)12(14)9(3)13-11/h4-6,14H,1-3H3. The lowest BCUT2D eigenvalue weighted by Crippen LogP contribution is -1.89. The van der Waals surface area contributed by atoms with Crippen LogP contribution in [0, 0.1) is 20.8 Å². The molecule has 0 aliphatic carbocycles. The summed E-state index contributed by atoms with van der Waals surface area (Å²) in [4.78, 5) is 4.33. The number of nitrogens with zero attached hydrogens (tertiary/aromatic N) is 1. The van der Waals surface area contributed by atoms with Gasteiger partial charge >= 0.3 is 0 Å². The summed E-state index contributed by atoms with van der Waals surface area (Å²) in [6.07, 6.45) is 0. The molecule has 14 heavy (non-hydrogen) atoms. The van der Waals surface area contributed by atoms with Gasteiger partial charge < -0.3 is 5.11 Å². The van der Waals surface area contributed by atoms with Crippen LogP contribution in [0.4, 0.5) is 0 Å². The van der Waals surface area contributed by atoms with Crippen LogP contribution >= 0.6 is 0 Å². The van der Waals surface area contributed by atoms with Gasteiger partial charge in [0.1, 0.15) is 5.75 Å². The van der Waals surface area contributed by atoms with Crippen LogP contribution in [0.25, 0.3) is 10.9 Å². The molecule has 0 amide bonds. The molecule has 72 valence electrons. The van der Waals surface area contributed by atoms with Crippen molar-refractivity contribution >= 4 is 10.9 Å². The van der Waals surface area contributed by atoms with Crippen molar-refractivity contribution in [2.45, 2.75) is 20.8 Å². The first kappa shape index (κ1) is 9.00. The summed E-state index contributed by atoms with van der Waals surface area (Å²) in [5.41, 5.74) is 3.74. The third-order valence-electron chi connectivity index (χ3n) is 2.54. The van der Waals surface area contributed by atoms with Crippen molar-refractivity contribution in [2.24, 2.45) is 0 Å². The summed E-state index contributed by atoms with van der Waals surface area (Å²) < 4.78 is 0. The molecular formula is C12H13NO. The Bertz CT molecular complexity index is 503. The monoisotopic (exact) mass is 187 g/mol. The lowest BCUT2D eigenvalue weighted by atomic mass is 10.1.